The summed E-state index contributed by atoms with van der Waals surface area (Å²) in [5.41, 5.74) is 6.98. The van der Waals surface area contributed by atoms with E-state index in [1.165, 1.54) is 12.4 Å². The lowest BCUT2D eigenvalue weighted by Crippen LogP contribution is -1.93. The Kier molecular flexibility index (Phi) is 2.64. The number of aromatic hydroxyl groups is 1. The van der Waals surface area contributed by atoms with Gasteiger partial charge in [0.05, 0.1) is 12.4 Å². The largest absolute Gasteiger partial charge is 0.504 e. The van der Waals surface area contributed by atoms with Gasteiger partial charge in [0.15, 0.2) is 11.5 Å². The number of nitrogens with two attached hydrogens (primary N) is 1. The van der Waals surface area contributed by atoms with Crippen molar-refractivity contribution >= 4 is 5.69 Å². The van der Waals surface area contributed by atoms with Crippen LogP contribution in [0.1, 0.15) is 5.56 Å². The topological polar surface area (TPSA) is 68.4 Å². The zero-order chi connectivity index (χ0) is 11.5. The molecule has 3 N–H and O–H groups in total. The number of nitrogens with zero attached hydrogens (tertiary/aromatic N) is 1. The average Bonchev–Trinajstić information content (AvgIpc) is 2.28. The predicted molar refractivity (Wildman–Crippen MR) is 61.6 cm³/mol. The van der Waals surface area contributed by atoms with Crippen molar-refractivity contribution in [3.63, 3.8) is 0 Å². The average molecular weight is 216 g/mol. The van der Waals surface area contributed by atoms with Gasteiger partial charge in [-0.1, -0.05) is 17.7 Å². The fourth-order valence-corrected chi connectivity index (χ4v) is 1.26. The molecule has 0 amide bonds. The quantitative estimate of drug-likeness (QED) is 0.809. The normalized spacial score (nSPS) is 10.1. The zero-order valence-corrected chi connectivity index (χ0v) is 8.84. The number of hydrogen-bond donors (Lipinski definition) is 2. The van der Waals surface area contributed by atoms with Gasteiger partial charge in [0, 0.05) is 0 Å². The number of hydrogen-bond acceptors (Lipinski definition) is 4. The highest BCUT2D eigenvalue weighted by molar-refractivity contribution is 5.61. The van der Waals surface area contributed by atoms with Gasteiger partial charge in [-0.3, -0.25) is 4.98 Å². The van der Waals surface area contributed by atoms with Crippen molar-refractivity contribution in [2.45, 2.75) is 6.92 Å². The van der Waals surface area contributed by atoms with E-state index < -0.39 is 0 Å². The van der Waals surface area contributed by atoms with Crippen LogP contribution in [-0.2, 0) is 0 Å². The summed E-state index contributed by atoms with van der Waals surface area (Å²) in [7, 11) is 0. The van der Waals surface area contributed by atoms with Crippen molar-refractivity contribution in [1.29, 1.82) is 0 Å². The molecule has 1 heterocycles. The molecule has 0 saturated heterocycles. The first-order valence-corrected chi connectivity index (χ1v) is 4.84. The summed E-state index contributed by atoms with van der Waals surface area (Å²) in [6.07, 6.45) is 2.74. The van der Waals surface area contributed by atoms with Crippen molar-refractivity contribution in [1.82, 2.24) is 4.98 Å². The Bertz CT molecular complexity index is 495. The molecule has 1 aromatic heterocycles. The maximum absolute atomic E-state index is 9.35. The smallest absolute Gasteiger partial charge is 0.172 e. The monoisotopic (exact) mass is 216 g/mol. The van der Waals surface area contributed by atoms with Gasteiger partial charge < -0.3 is 15.6 Å². The van der Waals surface area contributed by atoms with Crippen LogP contribution in [0.5, 0.6) is 17.2 Å². The van der Waals surface area contributed by atoms with Crippen LogP contribution < -0.4 is 10.5 Å². The van der Waals surface area contributed by atoms with Crippen LogP contribution in [0, 0.1) is 6.92 Å². The first kappa shape index (κ1) is 10.3. The maximum atomic E-state index is 9.35. The molecule has 0 spiro atoms. The molecular formula is C12H12N2O2. The van der Waals surface area contributed by atoms with Crippen LogP contribution in [0.2, 0.25) is 0 Å². The summed E-state index contributed by atoms with van der Waals surface area (Å²) in [6.45, 7) is 1.99. The van der Waals surface area contributed by atoms with Crippen molar-refractivity contribution < 1.29 is 9.84 Å². The predicted octanol–water partition coefficient (Wildman–Crippen LogP) is 2.47. The number of anilines is 1. The highest BCUT2D eigenvalue weighted by atomic mass is 16.5. The minimum atomic E-state index is -0.0791. The molecule has 0 radical (unpaired) electrons. The van der Waals surface area contributed by atoms with Gasteiger partial charge in [-0.2, -0.15) is 0 Å². The van der Waals surface area contributed by atoms with Crippen LogP contribution in [0.3, 0.4) is 0 Å². The van der Waals surface area contributed by atoms with Crippen molar-refractivity contribution in [2.24, 2.45) is 0 Å². The Morgan fingerprint density at radius 2 is 1.88 bits per heavy atom. The Morgan fingerprint density at radius 3 is 2.56 bits per heavy atom. The molecule has 0 aliphatic carbocycles. The second kappa shape index (κ2) is 4.10. The number of pyridine rings is 1. The third-order valence-electron chi connectivity index (χ3n) is 2.18. The minimum absolute atomic E-state index is 0.0791. The molecule has 16 heavy (non-hydrogen) atoms. The number of nitrogen functional groups attached to an aromatic ring is 1. The number of ether oxygens (including phenoxy) is 1. The maximum Gasteiger partial charge on any atom is 0.172 e. The van der Waals surface area contributed by atoms with Gasteiger partial charge in [0.1, 0.15) is 11.4 Å². The third-order valence-corrected chi connectivity index (χ3v) is 2.18. The summed E-state index contributed by atoms with van der Waals surface area (Å²) in [4.78, 5) is 3.80. The lowest BCUT2D eigenvalue weighted by Gasteiger charge is -2.08. The SMILES string of the molecule is Cc1ccc(Oc2cncc(O)c2N)cc1. The highest BCUT2D eigenvalue weighted by Gasteiger charge is 2.06. The van der Waals surface area contributed by atoms with Gasteiger partial charge in [0.2, 0.25) is 0 Å². The van der Waals surface area contributed by atoms with Gasteiger partial charge in [0.25, 0.3) is 0 Å². The summed E-state index contributed by atoms with van der Waals surface area (Å²) in [5.74, 6) is 0.929. The summed E-state index contributed by atoms with van der Waals surface area (Å²) >= 11 is 0. The van der Waals surface area contributed by atoms with E-state index in [2.05, 4.69) is 4.98 Å². The second-order valence-electron chi connectivity index (χ2n) is 3.49. The van der Waals surface area contributed by atoms with E-state index in [0.29, 0.717) is 11.5 Å². The number of aryl methyl sites for hydroxylation is 1. The molecule has 4 heteroatoms. The van der Waals surface area contributed by atoms with Crippen molar-refractivity contribution in [3.8, 4) is 17.2 Å². The summed E-state index contributed by atoms with van der Waals surface area (Å²) in [5, 5.41) is 9.35. The molecule has 0 fully saturated rings. The van der Waals surface area contributed by atoms with E-state index in [0.717, 1.165) is 5.56 Å². The number of benzene rings is 1. The van der Waals surface area contributed by atoms with Crippen LogP contribution in [-0.4, -0.2) is 10.1 Å². The summed E-state index contributed by atoms with van der Waals surface area (Å²) < 4.78 is 5.50. The second-order valence-corrected chi connectivity index (χ2v) is 3.49. The van der Waals surface area contributed by atoms with E-state index in [1.807, 2.05) is 31.2 Å². The first-order valence-electron chi connectivity index (χ1n) is 4.84. The first-order chi connectivity index (χ1) is 7.66. The van der Waals surface area contributed by atoms with E-state index in [4.69, 9.17) is 10.5 Å². The molecule has 0 saturated carbocycles. The van der Waals surface area contributed by atoms with Crippen molar-refractivity contribution in [3.05, 3.63) is 42.2 Å². The Balaban J connectivity index is 2.27. The third kappa shape index (κ3) is 2.06. The molecule has 0 bridgehead atoms. The van der Waals surface area contributed by atoms with E-state index >= 15 is 0 Å². The molecule has 1 aromatic carbocycles. The molecule has 4 nitrogen and oxygen atoms in total. The van der Waals surface area contributed by atoms with E-state index in [-0.39, 0.29) is 11.4 Å². The van der Waals surface area contributed by atoms with E-state index in [9.17, 15) is 5.11 Å². The van der Waals surface area contributed by atoms with Gasteiger partial charge in [-0.05, 0) is 19.1 Å². The van der Waals surface area contributed by atoms with Gasteiger partial charge >= 0.3 is 0 Å². The molecule has 0 unspecified atom stereocenters. The van der Waals surface area contributed by atoms with Crippen molar-refractivity contribution in [2.75, 3.05) is 5.73 Å². The molecule has 0 atom stereocenters. The molecule has 82 valence electrons. The standard InChI is InChI=1S/C12H12N2O2/c1-8-2-4-9(5-3-8)16-11-7-14-6-10(15)12(11)13/h2-7,15H,1H3,(H2,13,14). The number of aromatic nitrogens is 1. The van der Waals surface area contributed by atoms with Crippen LogP contribution in [0.25, 0.3) is 0 Å². The lowest BCUT2D eigenvalue weighted by molar-refractivity contribution is 0.455. The zero-order valence-electron chi connectivity index (χ0n) is 8.84. The lowest BCUT2D eigenvalue weighted by atomic mass is 10.2. The molecule has 0 aliphatic heterocycles. The van der Waals surface area contributed by atoms with Gasteiger partial charge in [-0.25, -0.2) is 0 Å². The highest BCUT2D eigenvalue weighted by Crippen LogP contribution is 2.32. The number of rotatable bonds is 2. The van der Waals surface area contributed by atoms with Crippen LogP contribution in [0.4, 0.5) is 5.69 Å². The van der Waals surface area contributed by atoms with E-state index in [1.54, 1.807) is 0 Å². The molecular weight excluding hydrogens is 204 g/mol. The molecule has 2 aromatic rings. The Labute approximate surface area is 93.3 Å². The van der Waals surface area contributed by atoms with Crippen LogP contribution in [0.15, 0.2) is 36.7 Å². The van der Waals surface area contributed by atoms with Crippen LogP contribution >= 0.6 is 0 Å². The fourth-order valence-electron chi connectivity index (χ4n) is 1.26. The van der Waals surface area contributed by atoms with Gasteiger partial charge in [-0.15, -0.1) is 0 Å². The summed E-state index contributed by atoms with van der Waals surface area (Å²) in [6, 6.07) is 7.53. The molecule has 0 aliphatic rings. The minimum Gasteiger partial charge on any atom is -0.504 e. The fraction of sp³-hybridized carbons (Fsp3) is 0.0833. The Hall–Kier alpha value is -2.23. The molecule has 2 rings (SSSR count). The Morgan fingerprint density at radius 1 is 1.19 bits per heavy atom.